The van der Waals surface area contributed by atoms with Gasteiger partial charge in [-0.05, 0) is 17.5 Å². The molecular formula is C7H8S. The first-order valence-electron chi connectivity index (χ1n) is 2.93. The third-order valence-corrected chi connectivity index (χ3v) is 2.56. The summed E-state index contributed by atoms with van der Waals surface area (Å²) in [6.07, 6.45) is 0. The molecular weight excluding hydrogens is 116 g/mol. The average molecular weight is 124 g/mol. The van der Waals surface area contributed by atoms with E-state index in [-0.39, 0.29) is 0 Å². The molecule has 0 unspecified atom stereocenters. The minimum absolute atomic E-state index is 0.753. The SMILES string of the molecule is CC(C)c1cc2sc1-2. The Kier molecular flexibility index (Phi) is 0.662. The van der Waals surface area contributed by atoms with Gasteiger partial charge in [-0.3, -0.25) is 0 Å². The maximum atomic E-state index is 2.30. The van der Waals surface area contributed by atoms with Crippen LogP contribution in [0, 0.1) is 0 Å². The van der Waals surface area contributed by atoms with E-state index in [0.717, 1.165) is 5.92 Å². The smallest absolute Gasteiger partial charge is 0.0484 e. The van der Waals surface area contributed by atoms with Crippen LogP contribution < -0.4 is 0 Å². The summed E-state index contributed by atoms with van der Waals surface area (Å²) in [7, 11) is 0. The molecule has 0 aromatic rings. The van der Waals surface area contributed by atoms with Gasteiger partial charge >= 0.3 is 0 Å². The number of thiophene rings is 1. The highest BCUT2D eigenvalue weighted by Gasteiger charge is 2.25. The average Bonchev–Trinajstić information content (AvgIpc) is 2.13. The van der Waals surface area contributed by atoms with Crippen LogP contribution in [0.2, 0.25) is 0 Å². The van der Waals surface area contributed by atoms with Gasteiger partial charge in [-0.1, -0.05) is 13.8 Å². The van der Waals surface area contributed by atoms with Gasteiger partial charge in [0.1, 0.15) is 0 Å². The fourth-order valence-corrected chi connectivity index (χ4v) is 1.88. The molecule has 1 aliphatic carbocycles. The van der Waals surface area contributed by atoms with Crippen LogP contribution in [0.5, 0.6) is 0 Å². The van der Waals surface area contributed by atoms with Crippen molar-refractivity contribution in [2.24, 2.45) is 0 Å². The van der Waals surface area contributed by atoms with Crippen molar-refractivity contribution in [1.29, 1.82) is 0 Å². The minimum Gasteiger partial charge on any atom is -0.133 e. The van der Waals surface area contributed by atoms with E-state index in [4.69, 9.17) is 0 Å². The predicted molar refractivity (Wildman–Crippen MR) is 37.4 cm³/mol. The van der Waals surface area contributed by atoms with E-state index < -0.39 is 0 Å². The monoisotopic (exact) mass is 124 g/mol. The van der Waals surface area contributed by atoms with Crippen molar-refractivity contribution in [3.8, 4) is 9.75 Å². The van der Waals surface area contributed by atoms with Crippen LogP contribution in [-0.4, -0.2) is 0 Å². The second-order valence-electron chi connectivity index (χ2n) is 2.55. The van der Waals surface area contributed by atoms with Gasteiger partial charge in [0, 0.05) is 9.75 Å². The molecule has 0 aromatic carbocycles. The second-order valence-corrected chi connectivity index (χ2v) is 3.60. The summed E-state index contributed by atoms with van der Waals surface area (Å²) in [5.41, 5.74) is 1.57. The molecule has 1 heterocycles. The molecule has 1 aliphatic heterocycles. The van der Waals surface area contributed by atoms with E-state index in [0.29, 0.717) is 0 Å². The lowest BCUT2D eigenvalue weighted by Gasteiger charge is -2.05. The van der Waals surface area contributed by atoms with E-state index in [1.807, 2.05) is 11.3 Å². The molecule has 2 aliphatic rings. The van der Waals surface area contributed by atoms with Crippen molar-refractivity contribution in [1.82, 2.24) is 0 Å². The van der Waals surface area contributed by atoms with Crippen LogP contribution in [0.3, 0.4) is 0 Å². The van der Waals surface area contributed by atoms with Crippen LogP contribution in [-0.2, 0) is 0 Å². The summed E-state index contributed by atoms with van der Waals surface area (Å²) in [4.78, 5) is 3.12. The first-order valence-corrected chi connectivity index (χ1v) is 3.75. The zero-order valence-corrected chi connectivity index (χ0v) is 5.88. The van der Waals surface area contributed by atoms with Crippen LogP contribution in [0.4, 0.5) is 0 Å². The van der Waals surface area contributed by atoms with Crippen molar-refractivity contribution in [3.63, 3.8) is 0 Å². The standard InChI is InChI=1S/C7H8S/c1-4(2)5-3-6-7(5)8-6/h3-4H,1-2H3. The lowest BCUT2D eigenvalue weighted by molar-refractivity contribution is 0.868. The van der Waals surface area contributed by atoms with Crippen LogP contribution in [0.15, 0.2) is 6.07 Å². The van der Waals surface area contributed by atoms with E-state index >= 15 is 0 Å². The first-order chi connectivity index (χ1) is 3.79. The van der Waals surface area contributed by atoms with Crippen molar-refractivity contribution in [2.45, 2.75) is 19.8 Å². The zero-order chi connectivity index (χ0) is 5.72. The largest absolute Gasteiger partial charge is 0.133 e. The first kappa shape index (κ1) is 4.57. The number of hydrogen-bond donors (Lipinski definition) is 0. The molecule has 8 heavy (non-hydrogen) atoms. The van der Waals surface area contributed by atoms with Crippen LogP contribution in [0.25, 0.3) is 9.75 Å². The Hall–Kier alpha value is -0.300. The topological polar surface area (TPSA) is 0 Å². The van der Waals surface area contributed by atoms with Crippen molar-refractivity contribution in [3.05, 3.63) is 11.6 Å². The molecule has 0 aromatic heterocycles. The molecule has 0 saturated carbocycles. The van der Waals surface area contributed by atoms with E-state index in [9.17, 15) is 0 Å². The van der Waals surface area contributed by atoms with E-state index in [1.54, 1.807) is 10.4 Å². The zero-order valence-electron chi connectivity index (χ0n) is 5.06. The lowest BCUT2D eigenvalue weighted by atomic mass is 9.98. The van der Waals surface area contributed by atoms with Gasteiger partial charge in [-0.15, -0.1) is 11.3 Å². The normalized spacial score (nSPS) is 12.9. The van der Waals surface area contributed by atoms with E-state index in [1.165, 1.54) is 4.88 Å². The summed E-state index contributed by atoms with van der Waals surface area (Å²) in [6.45, 7) is 4.49. The summed E-state index contributed by atoms with van der Waals surface area (Å²) in [6, 6.07) is 2.30. The van der Waals surface area contributed by atoms with E-state index in [2.05, 4.69) is 19.9 Å². The highest BCUT2D eigenvalue weighted by Crippen LogP contribution is 2.53. The highest BCUT2D eigenvalue weighted by molar-refractivity contribution is 7.31. The minimum atomic E-state index is 0.753. The number of rotatable bonds is 1. The maximum absolute atomic E-state index is 2.30. The molecule has 0 fully saturated rings. The van der Waals surface area contributed by atoms with Gasteiger partial charge in [-0.2, -0.15) is 0 Å². The number of hydrogen-bond acceptors (Lipinski definition) is 1. The Morgan fingerprint density at radius 1 is 1.50 bits per heavy atom. The molecule has 0 amide bonds. The second kappa shape index (κ2) is 1.16. The summed E-state index contributed by atoms with van der Waals surface area (Å²) >= 11 is 1.93. The summed E-state index contributed by atoms with van der Waals surface area (Å²) in [5.74, 6) is 0.753. The predicted octanol–water partition coefficient (Wildman–Crippen LogP) is 2.85. The summed E-state index contributed by atoms with van der Waals surface area (Å²) < 4.78 is 0. The van der Waals surface area contributed by atoms with Crippen molar-refractivity contribution in [2.75, 3.05) is 0 Å². The van der Waals surface area contributed by atoms with Gasteiger partial charge in [0.2, 0.25) is 0 Å². The Bertz CT molecular complexity index is 220. The molecule has 0 saturated heterocycles. The van der Waals surface area contributed by atoms with Crippen LogP contribution in [0.1, 0.15) is 25.3 Å². The molecule has 42 valence electrons. The molecule has 0 N–H and O–H groups in total. The van der Waals surface area contributed by atoms with Crippen molar-refractivity contribution >= 4 is 11.3 Å². The third-order valence-electron chi connectivity index (χ3n) is 1.56. The third kappa shape index (κ3) is 0.402. The summed E-state index contributed by atoms with van der Waals surface area (Å²) in [5, 5.41) is 0. The molecule has 0 spiro atoms. The Morgan fingerprint density at radius 3 is 2.38 bits per heavy atom. The van der Waals surface area contributed by atoms with Gasteiger partial charge < -0.3 is 0 Å². The van der Waals surface area contributed by atoms with Gasteiger partial charge in [-0.25, -0.2) is 0 Å². The molecule has 2 rings (SSSR count). The highest BCUT2D eigenvalue weighted by atomic mass is 32.1. The van der Waals surface area contributed by atoms with Gasteiger partial charge in [0.15, 0.2) is 0 Å². The Labute approximate surface area is 53.2 Å². The molecule has 0 atom stereocenters. The van der Waals surface area contributed by atoms with Gasteiger partial charge in [0.25, 0.3) is 0 Å². The molecule has 1 heteroatoms. The molecule has 0 nitrogen and oxygen atoms in total. The van der Waals surface area contributed by atoms with Crippen molar-refractivity contribution < 1.29 is 0 Å². The molecule has 0 radical (unpaired) electrons. The fourth-order valence-electron chi connectivity index (χ4n) is 0.939. The Balaban J connectivity index is 2.35. The lowest BCUT2D eigenvalue weighted by Crippen LogP contribution is -1.87. The van der Waals surface area contributed by atoms with Crippen LogP contribution >= 0.6 is 11.3 Å². The maximum Gasteiger partial charge on any atom is 0.0484 e. The fraction of sp³-hybridized carbons (Fsp3) is 0.429. The molecule has 0 bridgehead atoms. The Morgan fingerprint density at radius 2 is 2.25 bits per heavy atom. The van der Waals surface area contributed by atoms with Gasteiger partial charge in [0.05, 0.1) is 0 Å². The quantitative estimate of drug-likeness (QED) is 0.548. The number of fused-ring (bicyclic) bond motifs is 1.